The van der Waals surface area contributed by atoms with Gasteiger partial charge in [-0.15, -0.1) is 0 Å². The van der Waals surface area contributed by atoms with Crippen LogP contribution in [0, 0.1) is 16.0 Å². The fourth-order valence-electron chi connectivity index (χ4n) is 0.689. The molecule has 78 valence electrons. The molecule has 0 heterocycles. The van der Waals surface area contributed by atoms with Gasteiger partial charge in [0, 0.05) is 18.4 Å². The van der Waals surface area contributed by atoms with Gasteiger partial charge in [0.25, 0.3) is 0 Å². The van der Waals surface area contributed by atoms with E-state index in [0.717, 1.165) is 0 Å². The number of Topliss-reactive ketones (excluding diaryl/α,β-unsaturated/α-hetero) is 1. The van der Waals surface area contributed by atoms with E-state index in [9.17, 15) is 14.9 Å². The Labute approximate surface area is 83.5 Å². The van der Waals surface area contributed by atoms with Crippen LogP contribution >= 0.6 is 0 Å². The molecule has 0 N–H and O–H groups in total. The van der Waals surface area contributed by atoms with Crippen molar-refractivity contribution < 1.29 is 9.72 Å². The zero-order valence-corrected chi connectivity index (χ0v) is 8.90. The number of hydrogen-bond donors (Lipinski definition) is 0. The minimum Gasteiger partial charge on any atom is -0.299 e. The van der Waals surface area contributed by atoms with Crippen LogP contribution in [0.3, 0.4) is 0 Å². The fourth-order valence-corrected chi connectivity index (χ4v) is 0.689. The van der Waals surface area contributed by atoms with Crippen LogP contribution < -0.4 is 0 Å². The van der Waals surface area contributed by atoms with E-state index >= 15 is 0 Å². The number of ketones is 1. The molecule has 0 aliphatic carbocycles. The molecular formula is C10H15NO3. The second-order valence-electron chi connectivity index (χ2n) is 3.28. The first-order valence-electron chi connectivity index (χ1n) is 4.36. The molecule has 0 radical (unpaired) electrons. The van der Waals surface area contributed by atoms with Gasteiger partial charge in [0.15, 0.2) is 0 Å². The van der Waals surface area contributed by atoms with Gasteiger partial charge < -0.3 is 0 Å². The van der Waals surface area contributed by atoms with Crippen molar-refractivity contribution in [1.82, 2.24) is 0 Å². The largest absolute Gasteiger partial charge is 0.299 e. The maximum absolute atomic E-state index is 10.9. The van der Waals surface area contributed by atoms with Gasteiger partial charge in [0.1, 0.15) is 5.78 Å². The summed E-state index contributed by atoms with van der Waals surface area (Å²) in [5.74, 6) is -0.141. The maximum atomic E-state index is 10.9. The Bertz CT molecular complexity index is 302. The molecule has 0 fully saturated rings. The van der Waals surface area contributed by atoms with Crippen molar-refractivity contribution in [2.24, 2.45) is 5.92 Å². The van der Waals surface area contributed by atoms with Crippen LogP contribution in [-0.2, 0) is 4.79 Å². The zero-order chi connectivity index (χ0) is 11.3. The van der Waals surface area contributed by atoms with Gasteiger partial charge in [-0.2, -0.15) is 0 Å². The quantitative estimate of drug-likeness (QED) is 0.395. The van der Waals surface area contributed by atoms with E-state index in [-0.39, 0.29) is 17.4 Å². The first-order valence-corrected chi connectivity index (χ1v) is 4.36. The fraction of sp³-hybridized carbons (Fsp3) is 0.500. The number of carbonyl (C=O) groups excluding carboxylic acids is 1. The molecule has 0 spiro atoms. The van der Waals surface area contributed by atoms with Crippen molar-refractivity contribution in [3.8, 4) is 0 Å². The highest BCUT2D eigenvalue weighted by Gasteiger charge is 2.06. The Morgan fingerprint density at radius 3 is 2.21 bits per heavy atom. The summed E-state index contributed by atoms with van der Waals surface area (Å²) in [7, 11) is 0. The van der Waals surface area contributed by atoms with Crippen molar-refractivity contribution >= 4 is 5.78 Å². The van der Waals surface area contributed by atoms with Crippen LogP contribution in [0.5, 0.6) is 0 Å². The van der Waals surface area contributed by atoms with Crippen LogP contribution in [-0.4, -0.2) is 10.7 Å². The van der Waals surface area contributed by atoms with Crippen molar-refractivity contribution in [1.29, 1.82) is 0 Å². The predicted octanol–water partition coefficient (Wildman–Crippen LogP) is 2.34. The Hall–Kier alpha value is -1.45. The molecule has 0 aromatic carbocycles. The molecule has 0 amide bonds. The average Bonchev–Trinajstić information content (AvgIpc) is 2.11. The number of nitrogens with zero attached hydrogens (tertiary/aromatic N) is 1. The van der Waals surface area contributed by atoms with Crippen LogP contribution in [0.4, 0.5) is 0 Å². The third-order valence-electron chi connectivity index (χ3n) is 2.12. The summed E-state index contributed by atoms with van der Waals surface area (Å²) in [5, 5.41) is 10.4. The molecular weight excluding hydrogens is 182 g/mol. The predicted molar refractivity (Wildman–Crippen MR) is 54.4 cm³/mol. The normalized spacial score (nSPS) is 15.1. The van der Waals surface area contributed by atoms with Crippen LogP contribution in [0.2, 0.25) is 0 Å². The first kappa shape index (κ1) is 12.6. The summed E-state index contributed by atoms with van der Waals surface area (Å²) in [5.41, 5.74) is 0.681. The number of allylic oxidation sites excluding steroid dienone is 4. The summed E-state index contributed by atoms with van der Waals surface area (Å²) in [6, 6.07) is 0. The molecule has 0 bridgehead atoms. The summed E-state index contributed by atoms with van der Waals surface area (Å²) in [4.78, 5) is 20.8. The second kappa shape index (κ2) is 5.32. The van der Waals surface area contributed by atoms with Gasteiger partial charge in [0.2, 0.25) is 5.70 Å². The zero-order valence-electron chi connectivity index (χ0n) is 8.90. The van der Waals surface area contributed by atoms with Crippen LogP contribution in [0.1, 0.15) is 27.7 Å². The lowest BCUT2D eigenvalue weighted by Gasteiger charge is -1.99. The lowest BCUT2D eigenvalue weighted by molar-refractivity contribution is -0.425. The van der Waals surface area contributed by atoms with Crippen LogP contribution in [0.25, 0.3) is 0 Å². The van der Waals surface area contributed by atoms with E-state index in [4.69, 9.17) is 0 Å². The lowest BCUT2D eigenvalue weighted by atomic mass is 10.1. The number of carbonyl (C=O) groups is 1. The Morgan fingerprint density at radius 2 is 1.86 bits per heavy atom. The van der Waals surface area contributed by atoms with Gasteiger partial charge in [-0.3, -0.25) is 14.9 Å². The summed E-state index contributed by atoms with van der Waals surface area (Å²) >= 11 is 0. The van der Waals surface area contributed by atoms with Crippen molar-refractivity contribution in [3.05, 3.63) is 33.5 Å². The van der Waals surface area contributed by atoms with Crippen molar-refractivity contribution in [2.75, 3.05) is 0 Å². The molecule has 4 nitrogen and oxygen atoms in total. The molecule has 1 unspecified atom stereocenters. The van der Waals surface area contributed by atoms with E-state index < -0.39 is 4.92 Å². The highest BCUT2D eigenvalue weighted by Crippen LogP contribution is 2.08. The third-order valence-corrected chi connectivity index (χ3v) is 2.12. The van der Waals surface area contributed by atoms with E-state index in [1.807, 2.05) is 0 Å². The smallest absolute Gasteiger partial charge is 0.246 e. The van der Waals surface area contributed by atoms with Crippen molar-refractivity contribution in [2.45, 2.75) is 27.7 Å². The lowest BCUT2D eigenvalue weighted by Crippen LogP contribution is -2.02. The molecule has 0 saturated heterocycles. The average molecular weight is 197 g/mol. The van der Waals surface area contributed by atoms with Gasteiger partial charge in [0.05, 0.1) is 4.92 Å². The SMILES string of the molecule is CC(=O)C(C)/C=C\C(C)=C(/C)[N+](=O)[O-]. The Morgan fingerprint density at radius 1 is 1.36 bits per heavy atom. The molecule has 0 aliphatic rings. The molecule has 14 heavy (non-hydrogen) atoms. The van der Waals surface area contributed by atoms with Gasteiger partial charge >= 0.3 is 0 Å². The highest BCUT2D eigenvalue weighted by molar-refractivity contribution is 5.79. The minimum absolute atomic E-state index is 0.0489. The topological polar surface area (TPSA) is 60.2 Å². The molecule has 0 aromatic rings. The Kier molecular flexibility index (Phi) is 4.77. The van der Waals surface area contributed by atoms with E-state index in [1.165, 1.54) is 13.8 Å². The molecule has 0 saturated carbocycles. The molecule has 4 heteroatoms. The van der Waals surface area contributed by atoms with E-state index in [2.05, 4.69) is 0 Å². The molecule has 0 aliphatic heterocycles. The standard InChI is InChI=1S/C10H15NO3/c1-7(9(3)11(13)14)5-6-8(2)10(4)12/h5-6,8H,1-4H3/b6-5-,9-7+. The molecule has 0 rings (SSSR count). The highest BCUT2D eigenvalue weighted by atomic mass is 16.6. The van der Waals surface area contributed by atoms with E-state index in [0.29, 0.717) is 5.57 Å². The molecule has 0 aromatic heterocycles. The van der Waals surface area contributed by atoms with Gasteiger partial charge in [-0.25, -0.2) is 0 Å². The first-order chi connectivity index (χ1) is 6.36. The number of nitro groups is 1. The monoisotopic (exact) mass is 197 g/mol. The van der Waals surface area contributed by atoms with Gasteiger partial charge in [-0.1, -0.05) is 19.1 Å². The second-order valence-corrected chi connectivity index (χ2v) is 3.28. The van der Waals surface area contributed by atoms with Crippen LogP contribution in [0.15, 0.2) is 23.4 Å². The van der Waals surface area contributed by atoms with Gasteiger partial charge in [-0.05, 0) is 13.8 Å². The minimum atomic E-state index is -0.432. The number of rotatable bonds is 4. The van der Waals surface area contributed by atoms with E-state index in [1.54, 1.807) is 26.0 Å². The number of hydrogen-bond acceptors (Lipinski definition) is 3. The maximum Gasteiger partial charge on any atom is 0.246 e. The van der Waals surface area contributed by atoms with Crippen molar-refractivity contribution in [3.63, 3.8) is 0 Å². The summed E-state index contributed by atoms with van der Waals surface area (Å²) in [6.07, 6.45) is 3.29. The summed E-state index contributed by atoms with van der Waals surface area (Å²) < 4.78 is 0. The summed E-state index contributed by atoms with van der Waals surface area (Å²) in [6.45, 7) is 6.35. The Balaban J connectivity index is 4.61. The third kappa shape index (κ3) is 3.98. The molecule has 1 atom stereocenters.